The van der Waals surface area contributed by atoms with Crippen molar-refractivity contribution in [3.8, 4) is 5.75 Å². The molecule has 5 nitrogen and oxygen atoms in total. The Morgan fingerprint density at radius 3 is 2.84 bits per heavy atom. The highest BCUT2D eigenvalue weighted by Gasteiger charge is 2.35. The van der Waals surface area contributed by atoms with Crippen LogP contribution in [0.15, 0.2) is 18.2 Å². The van der Waals surface area contributed by atoms with Crippen molar-refractivity contribution in [3.05, 3.63) is 29.6 Å². The summed E-state index contributed by atoms with van der Waals surface area (Å²) in [6, 6.07) is 4.72. The highest BCUT2D eigenvalue weighted by atomic mass is 19.1. The van der Waals surface area contributed by atoms with E-state index in [1.165, 1.54) is 26.0 Å². The first-order chi connectivity index (χ1) is 12.1. The minimum atomic E-state index is -0.422. The van der Waals surface area contributed by atoms with E-state index in [-0.39, 0.29) is 23.7 Å². The van der Waals surface area contributed by atoms with Crippen LogP contribution in [0.25, 0.3) is 0 Å². The van der Waals surface area contributed by atoms with Gasteiger partial charge in [0, 0.05) is 12.6 Å². The van der Waals surface area contributed by atoms with Crippen LogP contribution in [0, 0.1) is 5.82 Å². The Morgan fingerprint density at radius 1 is 1.40 bits per heavy atom. The lowest BCUT2D eigenvalue weighted by Crippen LogP contribution is -2.56. The normalized spacial score (nSPS) is 23.4. The van der Waals surface area contributed by atoms with Crippen LogP contribution in [0.3, 0.4) is 0 Å². The molecule has 0 aromatic heterocycles. The molecule has 0 spiro atoms. The summed E-state index contributed by atoms with van der Waals surface area (Å²) < 4.78 is 24.4. The van der Waals surface area contributed by atoms with Crippen molar-refractivity contribution < 1.29 is 18.7 Å². The molecule has 1 aliphatic carbocycles. The largest absolute Gasteiger partial charge is 0.494 e. The first kappa shape index (κ1) is 18.1. The summed E-state index contributed by atoms with van der Waals surface area (Å²) in [5, 5.41) is 3.02. The minimum absolute atomic E-state index is 0.0460. The number of benzene rings is 1. The monoisotopic (exact) mass is 350 g/mol. The molecule has 1 amide bonds. The van der Waals surface area contributed by atoms with Crippen LogP contribution in [-0.2, 0) is 9.53 Å². The van der Waals surface area contributed by atoms with Gasteiger partial charge in [0.1, 0.15) is 6.04 Å². The standard InChI is InChI=1S/C19H27FN2O3/c1-13(14-7-8-18(24-2)16(20)11-14)21-19(23)17-12-25-10-9-22(17)15-5-3-4-6-15/h7-8,11,13,15,17H,3-6,9-10,12H2,1-2H3,(H,21,23). The summed E-state index contributed by atoms with van der Waals surface area (Å²) in [6.45, 7) is 3.77. The van der Waals surface area contributed by atoms with Crippen LogP contribution in [0.1, 0.15) is 44.2 Å². The topological polar surface area (TPSA) is 50.8 Å². The number of carbonyl (C=O) groups excluding carboxylic acids is 1. The second kappa shape index (κ2) is 8.15. The number of ether oxygens (including phenoxy) is 2. The SMILES string of the molecule is COc1ccc(C(C)NC(=O)C2COCCN2C2CCCC2)cc1F. The quantitative estimate of drug-likeness (QED) is 0.887. The molecule has 1 saturated heterocycles. The van der Waals surface area contributed by atoms with Crippen molar-refractivity contribution >= 4 is 5.91 Å². The highest BCUT2D eigenvalue weighted by Crippen LogP contribution is 2.27. The third-order valence-electron chi connectivity index (χ3n) is 5.30. The predicted molar refractivity (Wildman–Crippen MR) is 93.1 cm³/mol. The molecule has 1 saturated carbocycles. The molecule has 0 radical (unpaired) electrons. The second-order valence-electron chi connectivity index (χ2n) is 6.89. The summed E-state index contributed by atoms with van der Waals surface area (Å²) in [6.07, 6.45) is 4.78. The zero-order chi connectivity index (χ0) is 17.8. The van der Waals surface area contributed by atoms with E-state index in [1.54, 1.807) is 12.1 Å². The molecule has 2 fully saturated rings. The molecule has 6 heteroatoms. The fourth-order valence-corrected chi connectivity index (χ4v) is 3.86. The first-order valence-electron chi connectivity index (χ1n) is 9.07. The summed E-state index contributed by atoms with van der Waals surface area (Å²) >= 11 is 0. The Balaban J connectivity index is 1.66. The van der Waals surface area contributed by atoms with Crippen molar-refractivity contribution in [1.82, 2.24) is 10.2 Å². The number of methoxy groups -OCH3 is 1. The molecule has 1 aliphatic heterocycles. The molecule has 1 aromatic carbocycles. The molecule has 2 unspecified atom stereocenters. The van der Waals surface area contributed by atoms with Crippen LogP contribution >= 0.6 is 0 Å². The van der Waals surface area contributed by atoms with Crippen molar-refractivity contribution in [2.24, 2.45) is 0 Å². The molecule has 2 aliphatic rings. The van der Waals surface area contributed by atoms with Gasteiger partial charge in [0.05, 0.1) is 26.4 Å². The van der Waals surface area contributed by atoms with Gasteiger partial charge >= 0.3 is 0 Å². The summed E-state index contributed by atoms with van der Waals surface area (Å²) in [5.74, 6) is -0.264. The minimum Gasteiger partial charge on any atom is -0.494 e. The van der Waals surface area contributed by atoms with Gasteiger partial charge in [0.2, 0.25) is 5.91 Å². The molecule has 138 valence electrons. The van der Waals surface area contributed by atoms with Gasteiger partial charge in [-0.05, 0) is 37.5 Å². The van der Waals surface area contributed by atoms with Crippen molar-refractivity contribution in [2.75, 3.05) is 26.9 Å². The summed E-state index contributed by atoms with van der Waals surface area (Å²) in [5.41, 5.74) is 0.718. The van der Waals surface area contributed by atoms with Crippen LogP contribution in [0.4, 0.5) is 4.39 Å². The number of hydrogen-bond acceptors (Lipinski definition) is 4. The van der Waals surface area contributed by atoms with Crippen LogP contribution < -0.4 is 10.1 Å². The lowest BCUT2D eigenvalue weighted by molar-refractivity contribution is -0.135. The van der Waals surface area contributed by atoms with E-state index in [0.717, 1.165) is 24.9 Å². The van der Waals surface area contributed by atoms with E-state index in [1.807, 2.05) is 6.92 Å². The van der Waals surface area contributed by atoms with Gasteiger partial charge in [-0.3, -0.25) is 9.69 Å². The van der Waals surface area contributed by atoms with Crippen molar-refractivity contribution in [2.45, 2.75) is 50.7 Å². The number of amides is 1. The van der Waals surface area contributed by atoms with E-state index < -0.39 is 5.82 Å². The zero-order valence-electron chi connectivity index (χ0n) is 15.0. The van der Waals surface area contributed by atoms with Crippen LogP contribution in [-0.4, -0.2) is 49.8 Å². The first-order valence-corrected chi connectivity index (χ1v) is 9.07. The maximum absolute atomic E-state index is 13.9. The van der Waals surface area contributed by atoms with Gasteiger partial charge in [0.25, 0.3) is 0 Å². The Bertz CT molecular complexity index is 604. The Morgan fingerprint density at radius 2 is 2.16 bits per heavy atom. The number of carbonyl (C=O) groups is 1. The average molecular weight is 350 g/mol. The van der Waals surface area contributed by atoms with E-state index in [4.69, 9.17) is 9.47 Å². The van der Waals surface area contributed by atoms with Gasteiger partial charge in [-0.25, -0.2) is 4.39 Å². The van der Waals surface area contributed by atoms with E-state index in [2.05, 4.69) is 10.2 Å². The van der Waals surface area contributed by atoms with Gasteiger partial charge in [0.15, 0.2) is 11.6 Å². The number of nitrogens with one attached hydrogen (secondary N) is 1. The Labute approximate surface area is 148 Å². The van der Waals surface area contributed by atoms with Gasteiger partial charge in [-0.2, -0.15) is 0 Å². The molecule has 1 heterocycles. The zero-order valence-corrected chi connectivity index (χ0v) is 15.0. The molecule has 1 aromatic rings. The number of nitrogens with zero attached hydrogens (tertiary/aromatic N) is 1. The molecule has 25 heavy (non-hydrogen) atoms. The van der Waals surface area contributed by atoms with E-state index in [0.29, 0.717) is 19.3 Å². The number of halogens is 1. The molecule has 0 bridgehead atoms. The number of hydrogen-bond donors (Lipinski definition) is 1. The van der Waals surface area contributed by atoms with Gasteiger partial charge < -0.3 is 14.8 Å². The lowest BCUT2D eigenvalue weighted by atomic mass is 10.1. The molecular weight excluding hydrogens is 323 g/mol. The maximum atomic E-state index is 13.9. The number of morpholine rings is 1. The van der Waals surface area contributed by atoms with Crippen molar-refractivity contribution in [3.63, 3.8) is 0 Å². The van der Waals surface area contributed by atoms with Crippen molar-refractivity contribution in [1.29, 1.82) is 0 Å². The fourth-order valence-electron chi connectivity index (χ4n) is 3.86. The van der Waals surface area contributed by atoms with Gasteiger partial charge in [-0.15, -0.1) is 0 Å². The number of rotatable bonds is 5. The molecule has 2 atom stereocenters. The summed E-state index contributed by atoms with van der Waals surface area (Å²) in [7, 11) is 1.43. The third kappa shape index (κ3) is 4.12. The fraction of sp³-hybridized carbons (Fsp3) is 0.632. The Kier molecular flexibility index (Phi) is 5.91. The van der Waals surface area contributed by atoms with E-state index in [9.17, 15) is 9.18 Å². The van der Waals surface area contributed by atoms with E-state index >= 15 is 0 Å². The third-order valence-corrected chi connectivity index (χ3v) is 5.30. The van der Waals surface area contributed by atoms with Crippen LogP contribution in [0.2, 0.25) is 0 Å². The van der Waals surface area contributed by atoms with Crippen LogP contribution in [0.5, 0.6) is 5.75 Å². The predicted octanol–water partition coefficient (Wildman–Crippen LogP) is 2.65. The maximum Gasteiger partial charge on any atom is 0.240 e. The summed E-state index contributed by atoms with van der Waals surface area (Å²) in [4.78, 5) is 15.1. The molecule has 1 N–H and O–H groups in total. The average Bonchev–Trinajstić information content (AvgIpc) is 3.16. The smallest absolute Gasteiger partial charge is 0.240 e. The Hall–Kier alpha value is -1.66. The second-order valence-corrected chi connectivity index (χ2v) is 6.89. The van der Waals surface area contributed by atoms with Gasteiger partial charge in [-0.1, -0.05) is 18.9 Å². The highest BCUT2D eigenvalue weighted by molar-refractivity contribution is 5.82. The molecular formula is C19H27FN2O3. The molecule has 3 rings (SSSR count). The lowest BCUT2D eigenvalue weighted by Gasteiger charge is -2.39.